The molecule has 1 aliphatic heterocycles. The average Bonchev–Trinajstić information content (AvgIpc) is 3.85. The van der Waals surface area contributed by atoms with Gasteiger partial charge in [0.2, 0.25) is 11.8 Å². The van der Waals surface area contributed by atoms with Crippen molar-refractivity contribution in [3.05, 3.63) is 76.8 Å². The number of imidazole rings is 1. The molecule has 0 unspecified atom stereocenters. The van der Waals surface area contributed by atoms with Gasteiger partial charge in [-0.2, -0.15) is 0 Å². The minimum atomic E-state index is -5.10. The number of hydrogen-bond acceptors (Lipinski definition) is 11. The molecule has 62 heavy (non-hydrogen) atoms. The molecule has 16 nitrogen and oxygen atoms in total. The highest BCUT2D eigenvalue weighted by Crippen LogP contribution is 2.41. The maximum absolute atomic E-state index is 13.8. The minimum Gasteiger partial charge on any atom is -0.453 e. The van der Waals surface area contributed by atoms with Gasteiger partial charge in [0, 0.05) is 43.0 Å². The van der Waals surface area contributed by atoms with E-state index in [2.05, 4.69) is 36.0 Å². The molecule has 4 aromatic rings. The van der Waals surface area contributed by atoms with Crippen LogP contribution in [0.5, 0.6) is 5.75 Å². The number of carbonyl (C=O) groups excluding carboxylic acids is 4. The lowest BCUT2D eigenvalue weighted by atomic mass is 9.94. The number of ether oxygens (including phenoxy) is 2. The van der Waals surface area contributed by atoms with Crippen LogP contribution in [0.1, 0.15) is 69.0 Å². The number of nitrogens with one attached hydrogen (secondary N) is 5. The zero-order valence-electron chi connectivity index (χ0n) is 34.9. The molecular formula is C42H50ClF3N8O8. The third kappa shape index (κ3) is 11.5. The van der Waals surface area contributed by atoms with Gasteiger partial charge in [-0.1, -0.05) is 56.6 Å². The Labute approximate surface area is 360 Å². The molecule has 0 saturated carbocycles. The third-order valence-corrected chi connectivity index (χ3v) is 10.5. The van der Waals surface area contributed by atoms with Crippen LogP contribution in [0.15, 0.2) is 54.7 Å². The number of nitrogens with zero attached hydrogens (tertiary/aromatic N) is 3. The number of aromatic nitrogens is 3. The van der Waals surface area contributed by atoms with Crippen molar-refractivity contribution in [1.82, 2.24) is 30.5 Å². The zero-order chi connectivity index (χ0) is 45.5. The fourth-order valence-electron chi connectivity index (χ4n) is 6.76. The Bertz CT molecular complexity index is 2240. The molecule has 0 spiro atoms. The average molecular weight is 887 g/mol. The Morgan fingerprint density at radius 1 is 1.03 bits per heavy atom. The Kier molecular flexibility index (Phi) is 15.1. The van der Waals surface area contributed by atoms with Crippen LogP contribution in [-0.2, 0) is 20.9 Å². The monoisotopic (exact) mass is 886 g/mol. The van der Waals surface area contributed by atoms with Gasteiger partial charge in [0.1, 0.15) is 23.4 Å². The summed E-state index contributed by atoms with van der Waals surface area (Å²) in [5.74, 6) is -1.33. The number of benzene rings is 2. The van der Waals surface area contributed by atoms with Crippen molar-refractivity contribution in [2.45, 2.75) is 66.1 Å². The number of aliphatic hydroxyl groups is 2. The summed E-state index contributed by atoms with van der Waals surface area (Å²) in [5, 5.41) is 30.4. The number of halogens is 4. The van der Waals surface area contributed by atoms with Gasteiger partial charge in [0.05, 0.1) is 59.4 Å². The predicted molar refractivity (Wildman–Crippen MR) is 224 cm³/mol. The number of carbonyl (C=O) groups is 4. The molecule has 2 aromatic carbocycles. The van der Waals surface area contributed by atoms with Crippen LogP contribution in [0.4, 0.5) is 29.5 Å². The number of rotatable bonds is 16. The highest BCUT2D eigenvalue weighted by Gasteiger charge is 2.41. The van der Waals surface area contributed by atoms with Crippen molar-refractivity contribution in [2.24, 2.45) is 17.3 Å². The van der Waals surface area contributed by atoms with Crippen molar-refractivity contribution in [1.29, 1.82) is 0 Å². The molecule has 1 aliphatic rings. The minimum absolute atomic E-state index is 0.0375. The van der Waals surface area contributed by atoms with E-state index >= 15 is 0 Å². The molecule has 3 atom stereocenters. The number of aliphatic hydroxyl groups excluding tert-OH is 2. The fourth-order valence-corrected chi connectivity index (χ4v) is 6.97. The summed E-state index contributed by atoms with van der Waals surface area (Å²) in [6.07, 6.45) is -4.03. The van der Waals surface area contributed by atoms with Crippen LogP contribution in [0.25, 0.3) is 22.4 Å². The van der Waals surface area contributed by atoms with E-state index < -0.39 is 48.2 Å². The number of methoxy groups -OCH3 is 1. The number of likely N-dealkylation sites (tertiary alicyclic amines) is 1. The lowest BCUT2D eigenvalue weighted by Gasteiger charge is -2.30. The molecule has 5 rings (SSSR count). The van der Waals surface area contributed by atoms with E-state index in [0.717, 1.165) is 6.07 Å². The maximum Gasteiger partial charge on any atom is 0.573 e. The third-order valence-electron chi connectivity index (χ3n) is 10.2. The standard InChI is InChI=1S/C42H50ClF3N8O8/c1-22(2)34(53-40(60)61-6)38(58)54-19-23(3)15-31(54)36-50-30(20-55)35(52-36)25-9-7-24(8-10-25)27-16-28(43)29(17-32(27)62-42(44,45)46)51-37(57)26-11-12-33(49-18-26)47-13-14-48-39(59)41(4,5)21-56/h7-12,16-18,22-23,31,34,55-56H,13-15,19-21H2,1-6H3,(H,47,49)(H,48,59)(H,50,52)(H,51,57)(H,53,60)/t23-,31-,34-/m0/s1. The van der Waals surface area contributed by atoms with Crippen molar-refractivity contribution < 1.29 is 52.0 Å². The zero-order valence-corrected chi connectivity index (χ0v) is 35.7. The molecule has 3 heterocycles. The van der Waals surface area contributed by atoms with Gasteiger partial charge in [0.15, 0.2) is 0 Å². The molecule has 20 heteroatoms. The number of hydrogen-bond donors (Lipinski definition) is 7. The van der Waals surface area contributed by atoms with Gasteiger partial charge in [-0.05, 0) is 55.9 Å². The number of anilines is 2. The fraction of sp³-hybridized carbons (Fsp3) is 0.429. The lowest BCUT2D eigenvalue weighted by Crippen LogP contribution is -2.51. The first-order valence-corrected chi connectivity index (χ1v) is 20.1. The van der Waals surface area contributed by atoms with Crippen LogP contribution in [-0.4, -0.2) is 99.6 Å². The first kappa shape index (κ1) is 47.1. The van der Waals surface area contributed by atoms with Crippen LogP contribution in [0.2, 0.25) is 5.02 Å². The second-order valence-corrected chi connectivity index (χ2v) is 16.3. The van der Waals surface area contributed by atoms with Crippen molar-refractivity contribution >= 4 is 46.9 Å². The van der Waals surface area contributed by atoms with Gasteiger partial charge in [0.25, 0.3) is 5.91 Å². The van der Waals surface area contributed by atoms with E-state index in [1.807, 2.05) is 6.92 Å². The van der Waals surface area contributed by atoms with Crippen molar-refractivity contribution in [2.75, 3.05) is 44.0 Å². The van der Waals surface area contributed by atoms with Gasteiger partial charge >= 0.3 is 12.5 Å². The number of aromatic amines is 1. The summed E-state index contributed by atoms with van der Waals surface area (Å²) >= 11 is 6.54. The Balaban J connectivity index is 1.33. The predicted octanol–water partition coefficient (Wildman–Crippen LogP) is 6.27. The Hall–Kier alpha value is -5.92. The van der Waals surface area contributed by atoms with Crippen molar-refractivity contribution in [3.8, 4) is 28.1 Å². The molecule has 0 aliphatic carbocycles. The van der Waals surface area contributed by atoms with E-state index in [4.69, 9.17) is 21.3 Å². The summed E-state index contributed by atoms with van der Waals surface area (Å²) in [5.41, 5.74) is 0.437. The maximum atomic E-state index is 13.8. The molecular weight excluding hydrogens is 837 g/mol. The van der Waals surface area contributed by atoms with Gasteiger partial charge in [-0.25, -0.2) is 14.8 Å². The van der Waals surface area contributed by atoms with E-state index in [1.165, 1.54) is 43.6 Å². The Morgan fingerprint density at radius 2 is 1.73 bits per heavy atom. The molecule has 1 fully saturated rings. The quantitative estimate of drug-likeness (QED) is 0.0622. The smallest absolute Gasteiger partial charge is 0.453 e. The number of amides is 4. The highest BCUT2D eigenvalue weighted by atomic mass is 35.5. The molecule has 2 aromatic heterocycles. The number of alkyl carbamates (subject to hydrolysis) is 1. The summed E-state index contributed by atoms with van der Waals surface area (Å²) in [4.78, 5) is 64.8. The van der Waals surface area contributed by atoms with Crippen LogP contribution >= 0.6 is 11.6 Å². The number of pyridine rings is 1. The van der Waals surface area contributed by atoms with Gasteiger partial charge in [-0.15, -0.1) is 13.2 Å². The van der Waals surface area contributed by atoms with E-state index in [0.29, 0.717) is 48.1 Å². The summed E-state index contributed by atoms with van der Waals surface area (Å²) < 4.78 is 50.3. The van der Waals surface area contributed by atoms with Crippen LogP contribution in [0.3, 0.4) is 0 Å². The topological polar surface area (TPSA) is 220 Å². The Morgan fingerprint density at radius 3 is 2.32 bits per heavy atom. The van der Waals surface area contributed by atoms with Crippen molar-refractivity contribution in [3.63, 3.8) is 0 Å². The molecule has 4 amide bonds. The van der Waals surface area contributed by atoms with Gasteiger partial charge < -0.3 is 50.8 Å². The molecule has 7 N–H and O–H groups in total. The highest BCUT2D eigenvalue weighted by molar-refractivity contribution is 6.34. The summed E-state index contributed by atoms with van der Waals surface area (Å²) in [6, 6.07) is 10.1. The van der Waals surface area contributed by atoms with E-state index in [1.54, 1.807) is 44.7 Å². The largest absolute Gasteiger partial charge is 0.573 e. The molecule has 334 valence electrons. The van der Waals surface area contributed by atoms with Crippen LogP contribution in [0, 0.1) is 17.3 Å². The van der Waals surface area contributed by atoms with E-state index in [9.17, 15) is 42.6 Å². The number of alkyl halides is 3. The second kappa shape index (κ2) is 19.9. The van der Waals surface area contributed by atoms with Crippen LogP contribution < -0.4 is 26.0 Å². The lowest BCUT2D eigenvalue weighted by molar-refractivity contribution is -0.274. The molecule has 1 saturated heterocycles. The summed E-state index contributed by atoms with van der Waals surface area (Å²) in [6.45, 7) is 9.01. The second-order valence-electron chi connectivity index (χ2n) is 15.9. The van der Waals surface area contributed by atoms with Gasteiger partial charge in [-0.3, -0.25) is 14.4 Å². The first-order valence-electron chi connectivity index (χ1n) is 19.7. The summed E-state index contributed by atoms with van der Waals surface area (Å²) in [7, 11) is 1.21. The molecule has 0 bridgehead atoms. The SMILES string of the molecule is COC(=O)N[C@H](C(=O)N1C[C@@H](C)C[C@H]1c1nc(-c2ccc(-c3cc(Cl)c(NC(=O)c4ccc(NCCNC(=O)C(C)(C)CO)nc4)cc3OC(F)(F)F)cc2)c(CO)[nH]1)C(C)C. The van der Waals surface area contributed by atoms with E-state index in [-0.39, 0.29) is 64.2 Å². The molecule has 0 radical (unpaired) electrons. The normalized spacial score (nSPS) is 15.9. The number of H-pyrrole nitrogens is 1. The first-order chi connectivity index (χ1) is 29.2.